The molecule has 1 unspecified atom stereocenters. The van der Waals surface area contributed by atoms with Gasteiger partial charge in [0.1, 0.15) is 0 Å². The third-order valence-electron chi connectivity index (χ3n) is 5.15. The fourth-order valence-corrected chi connectivity index (χ4v) is 3.64. The molecule has 2 rings (SSSR count). The Labute approximate surface area is 105 Å². The van der Waals surface area contributed by atoms with E-state index in [0.29, 0.717) is 13.2 Å². The van der Waals surface area contributed by atoms with Gasteiger partial charge in [0.25, 0.3) is 0 Å². The van der Waals surface area contributed by atoms with Crippen molar-refractivity contribution in [2.24, 2.45) is 17.1 Å². The van der Waals surface area contributed by atoms with Crippen molar-refractivity contribution in [3.05, 3.63) is 0 Å². The zero-order valence-electron chi connectivity index (χ0n) is 11.1. The van der Waals surface area contributed by atoms with Crippen LogP contribution in [0.2, 0.25) is 0 Å². The molecule has 3 heteroatoms. The highest BCUT2D eigenvalue weighted by Gasteiger charge is 2.50. The van der Waals surface area contributed by atoms with E-state index in [-0.39, 0.29) is 5.41 Å². The summed E-state index contributed by atoms with van der Waals surface area (Å²) in [5.74, 6) is 0.792. The second-order valence-electron chi connectivity index (χ2n) is 6.16. The molecule has 0 aromatic heterocycles. The van der Waals surface area contributed by atoms with E-state index in [0.717, 1.165) is 44.6 Å². The molecule has 3 N–H and O–H groups in total. The molecule has 1 aliphatic heterocycles. The number of hydrogen-bond acceptors (Lipinski definition) is 3. The van der Waals surface area contributed by atoms with Crippen LogP contribution >= 0.6 is 0 Å². The molecule has 0 spiro atoms. The second kappa shape index (κ2) is 5.25. The molecule has 0 radical (unpaired) electrons. The molecule has 0 aromatic rings. The summed E-state index contributed by atoms with van der Waals surface area (Å²) in [6.07, 6.45) is 7.17. The molecule has 2 aliphatic rings. The lowest BCUT2D eigenvalue weighted by Gasteiger charge is -2.50. The minimum atomic E-state index is -0.585. The molecule has 0 aromatic carbocycles. The molecule has 1 saturated carbocycles. The molecular weight excluding hydrogens is 214 g/mol. The van der Waals surface area contributed by atoms with Gasteiger partial charge < -0.3 is 15.6 Å². The Morgan fingerprint density at radius 3 is 2.53 bits per heavy atom. The molecule has 17 heavy (non-hydrogen) atoms. The summed E-state index contributed by atoms with van der Waals surface area (Å²) < 4.78 is 5.49. The molecule has 0 bridgehead atoms. The first-order chi connectivity index (χ1) is 8.12. The molecule has 3 nitrogen and oxygen atoms in total. The van der Waals surface area contributed by atoms with Gasteiger partial charge in [-0.2, -0.15) is 0 Å². The van der Waals surface area contributed by atoms with Crippen molar-refractivity contribution in [2.75, 3.05) is 19.8 Å². The minimum absolute atomic E-state index is 0.0484. The summed E-state index contributed by atoms with van der Waals surface area (Å²) in [6, 6.07) is 0. The zero-order chi connectivity index (χ0) is 12.4. The number of ether oxygens (including phenoxy) is 1. The van der Waals surface area contributed by atoms with Crippen LogP contribution in [0.4, 0.5) is 0 Å². The first kappa shape index (κ1) is 13.3. The fourth-order valence-electron chi connectivity index (χ4n) is 3.64. The molecule has 1 aliphatic carbocycles. The van der Waals surface area contributed by atoms with E-state index in [2.05, 4.69) is 6.92 Å². The summed E-state index contributed by atoms with van der Waals surface area (Å²) >= 11 is 0. The summed E-state index contributed by atoms with van der Waals surface area (Å²) in [5.41, 5.74) is 5.42. The van der Waals surface area contributed by atoms with E-state index < -0.39 is 5.60 Å². The Hall–Kier alpha value is -0.120. The van der Waals surface area contributed by atoms with Crippen molar-refractivity contribution >= 4 is 0 Å². The first-order valence-corrected chi connectivity index (χ1v) is 7.12. The fraction of sp³-hybridized carbons (Fsp3) is 1.00. The van der Waals surface area contributed by atoms with Crippen LogP contribution in [-0.2, 0) is 4.74 Å². The van der Waals surface area contributed by atoms with E-state index in [4.69, 9.17) is 10.5 Å². The van der Waals surface area contributed by atoms with Gasteiger partial charge in [-0.1, -0.05) is 19.8 Å². The van der Waals surface area contributed by atoms with Crippen molar-refractivity contribution in [1.29, 1.82) is 0 Å². The van der Waals surface area contributed by atoms with Crippen molar-refractivity contribution < 1.29 is 9.84 Å². The van der Waals surface area contributed by atoms with E-state index >= 15 is 0 Å². The van der Waals surface area contributed by atoms with Crippen LogP contribution in [0.25, 0.3) is 0 Å². The monoisotopic (exact) mass is 241 g/mol. The highest BCUT2D eigenvalue weighted by atomic mass is 16.5. The van der Waals surface area contributed by atoms with Crippen molar-refractivity contribution in [3.8, 4) is 0 Å². The molecule has 1 heterocycles. The van der Waals surface area contributed by atoms with E-state index in [9.17, 15) is 5.11 Å². The van der Waals surface area contributed by atoms with Gasteiger partial charge in [0.15, 0.2) is 0 Å². The van der Waals surface area contributed by atoms with Crippen LogP contribution < -0.4 is 5.73 Å². The lowest BCUT2D eigenvalue weighted by Crippen LogP contribution is -2.54. The van der Waals surface area contributed by atoms with Crippen LogP contribution in [0.15, 0.2) is 0 Å². The Morgan fingerprint density at radius 2 is 1.88 bits per heavy atom. The number of rotatable bonds is 2. The smallest absolute Gasteiger partial charge is 0.0738 e. The van der Waals surface area contributed by atoms with Crippen LogP contribution in [0.5, 0.6) is 0 Å². The zero-order valence-corrected chi connectivity index (χ0v) is 11.1. The highest BCUT2D eigenvalue weighted by Crippen LogP contribution is 2.49. The van der Waals surface area contributed by atoms with Crippen molar-refractivity contribution in [3.63, 3.8) is 0 Å². The molecule has 1 atom stereocenters. The molecule has 100 valence electrons. The quantitative estimate of drug-likeness (QED) is 0.778. The third-order valence-corrected chi connectivity index (χ3v) is 5.15. The van der Waals surface area contributed by atoms with Crippen molar-refractivity contribution in [2.45, 2.75) is 57.5 Å². The Kier molecular flexibility index (Phi) is 4.11. The van der Waals surface area contributed by atoms with Gasteiger partial charge in [-0.15, -0.1) is 0 Å². The lowest BCUT2D eigenvalue weighted by molar-refractivity contribution is -0.115. The van der Waals surface area contributed by atoms with Crippen LogP contribution in [0.1, 0.15) is 51.9 Å². The SMILES string of the molecule is CC1CCC(CN)(C2(O)CCCOCC2)CC1. The summed E-state index contributed by atoms with van der Waals surface area (Å²) in [4.78, 5) is 0. The Morgan fingerprint density at radius 1 is 1.18 bits per heavy atom. The maximum absolute atomic E-state index is 11.1. The van der Waals surface area contributed by atoms with Crippen LogP contribution in [0.3, 0.4) is 0 Å². The average Bonchev–Trinajstić information content (AvgIpc) is 2.57. The Bertz CT molecular complexity index is 239. The van der Waals surface area contributed by atoms with Gasteiger partial charge in [0.05, 0.1) is 5.60 Å². The Balaban J connectivity index is 2.14. The maximum atomic E-state index is 11.1. The molecule has 2 fully saturated rings. The maximum Gasteiger partial charge on any atom is 0.0738 e. The van der Waals surface area contributed by atoms with Crippen LogP contribution in [0, 0.1) is 11.3 Å². The van der Waals surface area contributed by atoms with Gasteiger partial charge in [-0.25, -0.2) is 0 Å². The number of aliphatic hydroxyl groups is 1. The normalized spacial score (nSPS) is 44.3. The summed E-state index contributed by atoms with van der Waals surface area (Å²) in [5, 5.41) is 11.1. The van der Waals surface area contributed by atoms with Crippen molar-refractivity contribution in [1.82, 2.24) is 0 Å². The number of hydrogen-bond donors (Lipinski definition) is 2. The topological polar surface area (TPSA) is 55.5 Å². The summed E-state index contributed by atoms with van der Waals surface area (Å²) in [7, 11) is 0. The van der Waals surface area contributed by atoms with Gasteiger partial charge >= 0.3 is 0 Å². The van der Waals surface area contributed by atoms with E-state index in [1.165, 1.54) is 12.8 Å². The molecule has 0 amide bonds. The predicted molar refractivity (Wildman–Crippen MR) is 68.7 cm³/mol. The summed E-state index contributed by atoms with van der Waals surface area (Å²) in [6.45, 7) is 4.41. The van der Waals surface area contributed by atoms with Gasteiger partial charge in [-0.3, -0.25) is 0 Å². The largest absolute Gasteiger partial charge is 0.389 e. The second-order valence-corrected chi connectivity index (χ2v) is 6.16. The predicted octanol–water partition coefficient (Wildman–Crippen LogP) is 2.07. The van der Waals surface area contributed by atoms with Gasteiger partial charge in [-0.05, 0) is 31.6 Å². The van der Waals surface area contributed by atoms with E-state index in [1.54, 1.807) is 0 Å². The minimum Gasteiger partial charge on any atom is -0.389 e. The van der Waals surface area contributed by atoms with E-state index in [1.807, 2.05) is 0 Å². The first-order valence-electron chi connectivity index (χ1n) is 7.12. The van der Waals surface area contributed by atoms with Crippen LogP contribution in [-0.4, -0.2) is 30.5 Å². The van der Waals surface area contributed by atoms with Gasteiger partial charge in [0, 0.05) is 31.6 Å². The standard InChI is InChI=1S/C14H27NO2/c1-12-3-6-13(11-15,7-4-12)14(16)5-2-9-17-10-8-14/h12,16H,2-11,15H2,1H3. The average molecular weight is 241 g/mol. The number of nitrogens with two attached hydrogens (primary N) is 1. The lowest BCUT2D eigenvalue weighted by atomic mass is 9.59. The third kappa shape index (κ3) is 2.51. The highest BCUT2D eigenvalue weighted by molar-refractivity contribution is 5.02. The molecule has 1 saturated heterocycles. The van der Waals surface area contributed by atoms with Gasteiger partial charge in [0.2, 0.25) is 0 Å². The molecular formula is C14H27NO2.